The summed E-state index contributed by atoms with van der Waals surface area (Å²) >= 11 is 0. The third-order valence-electron chi connectivity index (χ3n) is 11.5. The van der Waals surface area contributed by atoms with Crippen LogP contribution in [-0.2, 0) is 19.1 Å². The van der Waals surface area contributed by atoms with Crippen molar-refractivity contribution in [3.05, 3.63) is 71.3 Å². The molecule has 1 unspecified atom stereocenters. The minimum Gasteiger partial charge on any atom is -0.366 e. The van der Waals surface area contributed by atoms with Gasteiger partial charge in [0.2, 0.25) is 0 Å². The Labute approximate surface area is 257 Å². The lowest BCUT2D eigenvalue weighted by molar-refractivity contribution is -0.217. The number of ether oxygens (including phenoxy) is 1. The van der Waals surface area contributed by atoms with Gasteiger partial charge in [0, 0.05) is 11.5 Å². The minimum absolute atomic E-state index is 0.145. The zero-order valence-electron chi connectivity index (χ0n) is 27.4. The van der Waals surface area contributed by atoms with Crippen molar-refractivity contribution in [3.63, 3.8) is 0 Å². The molecule has 5 nitrogen and oxygen atoms in total. The van der Waals surface area contributed by atoms with E-state index in [9.17, 15) is 4.79 Å². The van der Waals surface area contributed by atoms with Crippen molar-refractivity contribution in [1.82, 2.24) is 0 Å². The van der Waals surface area contributed by atoms with Crippen molar-refractivity contribution < 1.29 is 23.9 Å². The molecule has 230 valence electrons. The van der Waals surface area contributed by atoms with E-state index in [1.165, 1.54) is 0 Å². The van der Waals surface area contributed by atoms with E-state index in [4.69, 9.17) is 4.74 Å². The lowest BCUT2D eigenvalue weighted by Gasteiger charge is -2.71. The Kier molecular flexibility index (Phi) is 7.37. The fourth-order valence-corrected chi connectivity index (χ4v) is 9.12. The van der Waals surface area contributed by atoms with E-state index in [2.05, 4.69) is 12.7 Å². The summed E-state index contributed by atoms with van der Waals surface area (Å²) in [5.41, 5.74) is -3.10. The lowest BCUT2D eigenvalue weighted by Crippen LogP contribution is -2.84. The third-order valence-corrected chi connectivity index (χ3v) is 11.5. The van der Waals surface area contributed by atoms with Crippen LogP contribution in [0.4, 0.5) is 0 Å². The van der Waals surface area contributed by atoms with Gasteiger partial charge in [0.25, 0.3) is 0 Å². The van der Waals surface area contributed by atoms with E-state index in [1.54, 1.807) is 24.3 Å². The molecule has 0 amide bonds. The number of epoxide rings is 1. The Morgan fingerprint density at radius 2 is 1.51 bits per heavy atom. The van der Waals surface area contributed by atoms with Crippen LogP contribution in [-0.4, -0.2) is 34.8 Å². The van der Waals surface area contributed by atoms with Crippen LogP contribution in [0.25, 0.3) is 0 Å². The molecule has 0 N–H and O–H groups in total. The normalized spacial score (nSPS) is 35.4. The Bertz CT molecular complexity index is 1470. The first kappa shape index (κ1) is 31.5. The molecule has 5 fully saturated rings. The Balaban J connectivity index is 1.83. The molecular weight excluding hydrogens is 536 g/mol. The van der Waals surface area contributed by atoms with Gasteiger partial charge in [-0.3, -0.25) is 19.2 Å². The maximum Gasteiger partial charge on any atom is 0.184 e. The molecule has 5 heteroatoms. The summed E-state index contributed by atoms with van der Waals surface area (Å²) in [4.78, 5) is 61.0. The van der Waals surface area contributed by atoms with Gasteiger partial charge in [0.05, 0.1) is 22.5 Å². The number of hydrogen-bond acceptors (Lipinski definition) is 5. The van der Waals surface area contributed by atoms with Crippen LogP contribution in [0.5, 0.6) is 0 Å². The Hall–Kier alpha value is -2.92. The van der Waals surface area contributed by atoms with E-state index in [0.717, 1.165) is 16.7 Å². The SMILES string of the molecule is C=C(C)C(CC=C(C)C)C[C@@]12C[C@H]3[C@@H]([C@@H]4OC4(C)C)[C@@](CC=C(C)C)(C1=O)C(=O)[C@@](C(=O)c1ccccc1)(C2=O)C3(C)C. The molecule has 0 radical (unpaired) electrons. The van der Waals surface area contributed by atoms with E-state index >= 15 is 14.4 Å². The maximum absolute atomic E-state index is 15.4. The van der Waals surface area contributed by atoms with Gasteiger partial charge in [0.1, 0.15) is 0 Å². The highest BCUT2D eigenvalue weighted by Gasteiger charge is 2.89. The molecule has 1 aliphatic heterocycles. The quantitative estimate of drug-likeness (QED) is 0.122. The highest BCUT2D eigenvalue weighted by Crippen LogP contribution is 2.77. The van der Waals surface area contributed by atoms with Crippen molar-refractivity contribution in [2.24, 2.45) is 39.4 Å². The molecule has 4 bridgehead atoms. The Morgan fingerprint density at radius 1 is 0.930 bits per heavy atom. The summed E-state index contributed by atoms with van der Waals surface area (Å²) < 4.78 is 6.26. The molecule has 4 aliphatic carbocycles. The fourth-order valence-electron chi connectivity index (χ4n) is 9.12. The van der Waals surface area contributed by atoms with Gasteiger partial charge in [-0.25, -0.2) is 0 Å². The monoisotopic (exact) mass is 584 g/mol. The number of hydrogen-bond donors (Lipinski definition) is 0. The van der Waals surface area contributed by atoms with Crippen LogP contribution in [0.2, 0.25) is 0 Å². The summed E-state index contributed by atoms with van der Waals surface area (Å²) in [6, 6.07) is 8.70. The number of Topliss-reactive ketones (excluding diaryl/α,β-unsaturated/α-hetero) is 4. The number of ketones is 4. The van der Waals surface area contributed by atoms with Gasteiger partial charge >= 0.3 is 0 Å². The van der Waals surface area contributed by atoms with Gasteiger partial charge in [-0.1, -0.05) is 79.6 Å². The zero-order chi connectivity index (χ0) is 31.9. The Morgan fingerprint density at radius 3 is 2.02 bits per heavy atom. The molecule has 7 atom stereocenters. The number of carbonyl (C=O) groups is 4. The van der Waals surface area contributed by atoms with Crippen molar-refractivity contribution in [2.45, 2.75) is 99.7 Å². The van der Waals surface area contributed by atoms with E-state index in [-0.39, 0.29) is 36.6 Å². The third kappa shape index (κ3) is 4.13. The van der Waals surface area contributed by atoms with Gasteiger partial charge in [-0.05, 0) is 91.4 Å². The van der Waals surface area contributed by atoms with Crippen LogP contribution in [0.15, 0.2) is 65.8 Å². The molecule has 0 aromatic heterocycles. The van der Waals surface area contributed by atoms with Crippen LogP contribution in [0, 0.1) is 39.4 Å². The van der Waals surface area contributed by atoms with Crippen molar-refractivity contribution in [3.8, 4) is 0 Å². The van der Waals surface area contributed by atoms with Crippen LogP contribution < -0.4 is 0 Å². The molecule has 1 saturated heterocycles. The average Bonchev–Trinajstić information content (AvgIpc) is 3.56. The molecule has 1 heterocycles. The fraction of sp³-hybridized carbons (Fsp3) is 0.579. The minimum atomic E-state index is -1.97. The second kappa shape index (κ2) is 10.1. The van der Waals surface area contributed by atoms with E-state index in [1.807, 2.05) is 74.5 Å². The van der Waals surface area contributed by atoms with Crippen molar-refractivity contribution in [2.75, 3.05) is 0 Å². The number of carbonyl (C=O) groups excluding carboxylic acids is 4. The predicted molar refractivity (Wildman–Crippen MR) is 168 cm³/mol. The second-order valence-electron chi connectivity index (χ2n) is 15.4. The van der Waals surface area contributed by atoms with Crippen LogP contribution >= 0.6 is 0 Å². The largest absolute Gasteiger partial charge is 0.366 e. The van der Waals surface area contributed by atoms with Crippen molar-refractivity contribution in [1.29, 1.82) is 0 Å². The average molecular weight is 585 g/mol. The standard InChI is InChI=1S/C38H48O5/c1-22(2)16-17-26(24(5)6)20-36-21-27-28(30-35(9,10)43-30)37(31(36)40,19-18-23(3)4)33(42)38(32(36)41,34(27,7)8)29(39)25-14-12-11-13-15-25/h11-16,18,26-28,30H,5,17,19-21H2,1-4,6-10H3/t26?,27-,28-,30-,36+,37-,38+/m0/s1. The topological polar surface area (TPSA) is 80.8 Å². The van der Waals surface area contributed by atoms with Crippen molar-refractivity contribution >= 4 is 23.1 Å². The second-order valence-corrected chi connectivity index (χ2v) is 15.4. The first-order chi connectivity index (χ1) is 19.9. The number of rotatable bonds is 10. The van der Waals surface area contributed by atoms with Gasteiger partial charge in [-0.15, -0.1) is 0 Å². The summed E-state index contributed by atoms with van der Waals surface area (Å²) in [6.07, 6.45) is 5.16. The molecule has 4 saturated carbocycles. The molecule has 5 aliphatic rings. The van der Waals surface area contributed by atoms with Crippen LogP contribution in [0.3, 0.4) is 0 Å². The predicted octanol–water partition coefficient (Wildman–Crippen LogP) is 7.70. The first-order valence-electron chi connectivity index (χ1n) is 15.8. The molecule has 43 heavy (non-hydrogen) atoms. The summed E-state index contributed by atoms with van der Waals surface area (Å²) in [6.45, 7) is 22.0. The molecular formula is C38H48O5. The smallest absolute Gasteiger partial charge is 0.184 e. The lowest BCUT2D eigenvalue weighted by atomic mass is 9.26. The van der Waals surface area contributed by atoms with E-state index in [0.29, 0.717) is 18.4 Å². The van der Waals surface area contributed by atoms with Crippen LogP contribution in [0.1, 0.15) is 98.4 Å². The van der Waals surface area contributed by atoms with Gasteiger partial charge in [0.15, 0.2) is 28.5 Å². The number of benzene rings is 1. The molecule has 1 aromatic rings. The maximum atomic E-state index is 15.4. The summed E-state index contributed by atoms with van der Waals surface area (Å²) in [5, 5.41) is 0. The highest BCUT2D eigenvalue weighted by atomic mass is 16.6. The molecule has 1 aromatic carbocycles. The summed E-state index contributed by atoms with van der Waals surface area (Å²) in [7, 11) is 0. The van der Waals surface area contributed by atoms with Gasteiger partial charge in [-0.2, -0.15) is 0 Å². The summed E-state index contributed by atoms with van der Waals surface area (Å²) in [5.74, 6) is -2.58. The van der Waals surface area contributed by atoms with Gasteiger partial charge < -0.3 is 4.74 Å². The zero-order valence-corrected chi connectivity index (χ0v) is 27.4. The first-order valence-corrected chi connectivity index (χ1v) is 15.8. The number of allylic oxidation sites excluding steroid dienone is 5. The molecule has 6 rings (SSSR count). The van der Waals surface area contributed by atoms with E-state index < -0.39 is 50.5 Å². The molecule has 0 spiro atoms. The highest BCUT2D eigenvalue weighted by molar-refractivity contribution is 6.42.